The first kappa shape index (κ1) is 34.9. The van der Waals surface area contributed by atoms with Crippen molar-refractivity contribution in [3.63, 3.8) is 0 Å². The monoisotopic (exact) mass is 610 g/mol. The van der Waals surface area contributed by atoms with E-state index in [0.717, 1.165) is 37.3 Å². The minimum Gasteiger partial charge on any atom is -0.485 e. The number of aliphatic hydroxyl groups is 1. The van der Waals surface area contributed by atoms with Gasteiger partial charge in [0.05, 0.1) is 6.42 Å². The van der Waals surface area contributed by atoms with Crippen molar-refractivity contribution in [1.82, 2.24) is 5.32 Å². The van der Waals surface area contributed by atoms with Gasteiger partial charge in [0.2, 0.25) is 0 Å². The van der Waals surface area contributed by atoms with E-state index in [1.165, 1.54) is 5.57 Å². The zero-order valence-corrected chi connectivity index (χ0v) is 24.6. The molecule has 2 aromatic rings. The minimum absolute atomic E-state index is 0.0674. The number of ether oxygens (including phenoxy) is 1. The maximum Gasteiger partial charge on any atom is 0.388 e. The molecule has 0 saturated heterocycles. The summed E-state index contributed by atoms with van der Waals surface area (Å²) in [6.07, 6.45) is 0.820. The van der Waals surface area contributed by atoms with E-state index in [4.69, 9.17) is 27.2 Å². The maximum absolute atomic E-state index is 12.3. The number of allylic oxidation sites excluding steroid dienone is 3. The van der Waals surface area contributed by atoms with Crippen molar-refractivity contribution in [2.75, 3.05) is 6.54 Å². The van der Waals surface area contributed by atoms with Gasteiger partial charge in [0.1, 0.15) is 18.1 Å². The van der Waals surface area contributed by atoms with Crippen molar-refractivity contribution >= 4 is 23.5 Å². The third-order valence-corrected chi connectivity index (χ3v) is 6.98. The molecule has 0 heterocycles. The molecule has 1 aliphatic rings. The van der Waals surface area contributed by atoms with Gasteiger partial charge in [0.15, 0.2) is 0 Å². The minimum atomic E-state index is -3.96. The number of hydrogen-bond acceptors (Lipinski definition) is 5. The van der Waals surface area contributed by atoms with Crippen LogP contribution in [0.4, 0.5) is 13.2 Å². The van der Waals surface area contributed by atoms with Crippen LogP contribution in [0.3, 0.4) is 0 Å². The highest BCUT2D eigenvalue weighted by Gasteiger charge is 2.27. The van der Waals surface area contributed by atoms with E-state index < -0.39 is 24.8 Å². The summed E-state index contributed by atoms with van der Waals surface area (Å²) in [5, 5.41) is 21.6. The largest absolute Gasteiger partial charge is 0.485 e. The van der Waals surface area contributed by atoms with Crippen molar-refractivity contribution in [2.24, 2.45) is 5.73 Å². The van der Waals surface area contributed by atoms with E-state index >= 15 is 0 Å². The van der Waals surface area contributed by atoms with E-state index in [-0.39, 0.29) is 30.9 Å². The zero-order valence-electron chi connectivity index (χ0n) is 23.9. The molecule has 0 fully saturated rings. The van der Waals surface area contributed by atoms with Gasteiger partial charge in [0, 0.05) is 35.0 Å². The number of halogens is 4. The molecule has 230 valence electrons. The van der Waals surface area contributed by atoms with Crippen LogP contribution in [0.2, 0.25) is 5.02 Å². The number of aliphatic carboxylic acids is 1. The molecule has 0 aliphatic heterocycles. The summed E-state index contributed by atoms with van der Waals surface area (Å²) in [5.41, 5.74) is 10.1. The summed E-state index contributed by atoms with van der Waals surface area (Å²) in [7, 11) is 0. The van der Waals surface area contributed by atoms with Gasteiger partial charge in [-0.2, -0.15) is 13.2 Å². The van der Waals surface area contributed by atoms with Crippen LogP contribution >= 0.6 is 11.6 Å². The summed E-state index contributed by atoms with van der Waals surface area (Å²) < 4.78 is 38.8. The number of carbonyl (C=O) groups excluding carboxylic acids is 1. The third kappa shape index (κ3) is 11.5. The highest BCUT2D eigenvalue weighted by Crippen LogP contribution is 2.35. The lowest BCUT2D eigenvalue weighted by atomic mass is 9.85. The second-order valence-corrected chi connectivity index (χ2v) is 10.3. The Labute approximate surface area is 249 Å². The first-order chi connectivity index (χ1) is 19.7. The van der Waals surface area contributed by atoms with Crippen molar-refractivity contribution in [3.8, 4) is 5.75 Å². The van der Waals surface area contributed by atoms with Gasteiger partial charge in [-0.05, 0) is 60.7 Å². The highest BCUT2D eigenvalue weighted by molar-refractivity contribution is 6.30. The number of carbonyl (C=O) groups is 2. The molecule has 1 amide bonds. The van der Waals surface area contributed by atoms with Crippen molar-refractivity contribution in [2.45, 2.75) is 77.3 Å². The number of nitrogens with two attached hydrogens (primary N) is 1. The number of nitrogens with one attached hydrogen (secondary N) is 1. The van der Waals surface area contributed by atoms with Gasteiger partial charge in [-0.15, -0.1) is 0 Å². The van der Waals surface area contributed by atoms with Crippen LogP contribution in [-0.2, 0) is 4.79 Å². The lowest BCUT2D eigenvalue weighted by molar-refractivity contribution is -0.136. The quantitative estimate of drug-likeness (QED) is 0.202. The number of rotatable bonds is 11. The molecule has 3 rings (SSSR count). The topological polar surface area (TPSA) is 122 Å². The molecule has 3 atom stereocenters. The Balaban J connectivity index is 0.000000928. The van der Waals surface area contributed by atoms with Crippen LogP contribution in [0.25, 0.3) is 0 Å². The van der Waals surface area contributed by atoms with Gasteiger partial charge in [-0.3, -0.25) is 9.59 Å². The van der Waals surface area contributed by atoms with E-state index in [2.05, 4.69) is 31.3 Å². The van der Waals surface area contributed by atoms with E-state index in [0.29, 0.717) is 21.9 Å². The van der Waals surface area contributed by atoms with Gasteiger partial charge < -0.3 is 26.0 Å². The Morgan fingerprint density at radius 2 is 1.71 bits per heavy atom. The molecular formula is C31H38ClF3N2O5. The van der Waals surface area contributed by atoms with E-state index in [1.54, 1.807) is 30.3 Å². The molecule has 0 saturated carbocycles. The molecule has 7 nitrogen and oxygen atoms in total. The number of benzene rings is 2. The fourth-order valence-corrected chi connectivity index (χ4v) is 4.43. The van der Waals surface area contributed by atoms with E-state index in [1.807, 2.05) is 12.1 Å². The number of aliphatic hydroxyl groups excluding tert-OH is 1. The van der Waals surface area contributed by atoms with Crippen molar-refractivity contribution in [1.29, 1.82) is 0 Å². The number of alkyl halides is 3. The Bertz CT molecular complexity index is 1260. The lowest BCUT2D eigenvalue weighted by Gasteiger charge is -2.30. The summed E-state index contributed by atoms with van der Waals surface area (Å²) >= 11 is 6.26. The Kier molecular flexibility index (Phi) is 13.6. The standard InChI is InChI=1S/C28H33ClN2O5.C3H5F3/c1-3-18-4-6-20(7-5-18)26(36-24-15-22(27(30)34)14-23(29)16-24)17(2)19-8-10-21(11-9-19)28(35)31-13-12-25(32)33;1-2-3(4,5)6/h4,6,8-11,14-17,26-27,34H,3,5,7,12-13,30H2,1-2H3,(H,31,35)(H,32,33);2H2,1H3. The average molecular weight is 611 g/mol. The van der Waals surface area contributed by atoms with Gasteiger partial charge in [-0.25, -0.2) is 0 Å². The van der Waals surface area contributed by atoms with Crippen molar-refractivity contribution in [3.05, 3.63) is 87.5 Å². The molecule has 0 spiro atoms. The maximum atomic E-state index is 12.3. The molecule has 2 aromatic carbocycles. The molecular weight excluding hydrogens is 573 g/mol. The smallest absolute Gasteiger partial charge is 0.388 e. The fraction of sp³-hybridized carbons (Fsp3) is 0.419. The van der Waals surface area contributed by atoms with Crippen LogP contribution in [-0.4, -0.2) is 40.9 Å². The molecule has 0 radical (unpaired) electrons. The molecule has 0 bridgehead atoms. The average Bonchev–Trinajstić information content (AvgIpc) is 2.95. The Hall–Kier alpha value is -3.34. The fourth-order valence-electron chi connectivity index (χ4n) is 4.19. The molecule has 5 N–H and O–H groups in total. The molecule has 3 unspecified atom stereocenters. The summed E-state index contributed by atoms with van der Waals surface area (Å²) in [6.45, 7) is 5.37. The number of carboxylic acids is 1. The SMILES string of the molecule is CCC(F)(F)F.CCC1=CC=C(C(Oc2cc(Cl)cc(C(N)O)c2)C(C)c2ccc(C(=O)NCCC(=O)O)cc2)CC1. The van der Waals surface area contributed by atoms with Crippen LogP contribution in [0.15, 0.2) is 65.8 Å². The van der Waals surface area contributed by atoms with Crippen LogP contribution in [0, 0.1) is 0 Å². The molecule has 1 aliphatic carbocycles. The zero-order chi connectivity index (χ0) is 31.4. The lowest BCUT2D eigenvalue weighted by Crippen LogP contribution is -2.28. The van der Waals surface area contributed by atoms with E-state index in [9.17, 15) is 27.9 Å². The highest BCUT2D eigenvalue weighted by atomic mass is 35.5. The first-order valence-corrected chi connectivity index (χ1v) is 14.1. The second-order valence-electron chi connectivity index (χ2n) is 9.90. The third-order valence-electron chi connectivity index (χ3n) is 6.76. The Morgan fingerprint density at radius 3 is 2.21 bits per heavy atom. The van der Waals surface area contributed by atoms with Gasteiger partial charge in [0.25, 0.3) is 5.91 Å². The van der Waals surface area contributed by atoms with Crippen LogP contribution in [0.5, 0.6) is 5.75 Å². The predicted octanol–water partition coefficient (Wildman–Crippen LogP) is 7.06. The number of carboxylic acid groups (broad SMARTS) is 1. The Morgan fingerprint density at radius 1 is 1.07 bits per heavy atom. The molecule has 42 heavy (non-hydrogen) atoms. The number of amides is 1. The normalized spacial score (nSPS) is 15.3. The molecule has 11 heteroatoms. The number of hydrogen-bond donors (Lipinski definition) is 4. The molecule has 0 aromatic heterocycles. The summed E-state index contributed by atoms with van der Waals surface area (Å²) in [4.78, 5) is 23.0. The second kappa shape index (κ2) is 16.3. The van der Waals surface area contributed by atoms with Gasteiger partial charge in [-0.1, -0.05) is 62.2 Å². The van der Waals surface area contributed by atoms with Crippen LogP contribution in [0.1, 0.15) is 86.5 Å². The summed E-state index contributed by atoms with van der Waals surface area (Å²) in [5.74, 6) is -0.833. The van der Waals surface area contributed by atoms with Crippen LogP contribution < -0.4 is 15.8 Å². The summed E-state index contributed by atoms with van der Waals surface area (Å²) in [6, 6.07) is 12.2. The predicted molar refractivity (Wildman–Crippen MR) is 156 cm³/mol. The van der Waals surface area contributed by atoms with Crippen molar-refractivity contribution < 1.29 is 37.7 Å². The van der Waals surface area contributed by atoms with Gasteiger partial charge >= 0.3 is 12.1 Å². The first-order valence-electron chi connectivity index (χ1n) is 13.7.